The number of thiophene rings is 1. The molecule has 0 saturated carbocycles. The number of carbonyl (C=O) groups excluding carboxylic acids is 2. The van der Waals surface area contributed by atoms with E-state index < -0.39 is 0 Å². The van der Waals surface area contributed by atoms with E-state index in [1.54, 1.807) is 29.2 Å². The first-order valence-electron chi connectivity index (χ1n) is 9.62. The maximum absolute atomic E-state index is 12.7. The minimum absolute atomic E-state index is 0.0699. The molecule has 1 fully saturated rings. The van der Waals surface area contributed by atoms with Gasteiger partial charge >= 0.3 is 0 Å². The van der Waals surface area contributed by atoms with Gasteiger partial charge in [0.1, 0.15) is 12.4 Å². The number of anilines is 2. The fourth-order valence-corrected chi connectivity index (χ4v) is 4.41. The van der Waals surface area contributed by atoms with E-state index in [4.69, 9.17) is 16.3 Å². The van der Waals surface area contributed by atoms with Crippen LogP contribution in [0.5, 0.6) is 0 Å². The number of amides is 2. The summed E-state index contributed by atoms with van der Waals surface area (Å²) in [7, 11) is 0. The summed E-state index contributed by atoms with van der Waals surface area (Å²) in [4.78, 5) is 35.1. The number of hydrogen-bond acceptors (Lipinski definition) is 5. The molecule has 2 N–H and O–H groups in total. The van der Waals surface area contributed by atoms with Crippen molar-refractivity contribution in [3.63, 3.8) is 0 Å². The molecule has 9 heteroatoms. The third kappa shape index (κ3) is 4.05. The lowest BCUT2D eigenvalue weighted by atomic mass is 10.1. The van der Waals surface area contributed by atoms with E-state index in [0.717, 1.165) is 21.9 Å². The lowest BCUT2D eigenvalue weighted by Crippen LogP contribution is -2.41. The van der Waals surface area contributed by atoms with Crippen molar-refractivity contribution in [2.75, 3.05) is 30.0 Å². The molecular weight excluding hydrogens is 436 g/mol. The van der Waals surface area contributed by atoms with Gasteiger partial charge in [-0.25, -0.2) is 4.98 Å². The summed E-state index contributed by atoms with van der Waals surface area (Å²) >= 11 is 7.45. The second-order valence-electron chi connectivity index (χ2n) is 7.02. The largest absolute Gasteiger partial charge is 0.370 e. The number of ether oxygens (including phenoxy) is 1. The highest BCUT2D eigenvalue weighted by Crippen LogP contribution is 2.30. The molecule has 0 spiro atoms. The van der Waals surface area contributed by atoms with Crippen LogP contribution in [0.4, 0.5) is 11.4 Å². The van der Waals surface area contributed by atoms with Gasteiger partial charge in [-0.1, -0.05) is 11.6 Å². The third-order valence-corrected chi connectivity index (χ3v) is 6.21. The number of nitrogens with zero attached hydrogens (tertiary/aromatic N) is 2. The Bertz CT molecular complexity index is 1280. The number of imidazole rings is 1. The van der Waals surface area contributed by atoms with Crippen molar-refractivity contribution < 1.29 is 14.3 Å². The minimum Gasteiger partial charge on any atom is -0.370 e. The SMILES string of the molecule is O=C(Nc1ccc(N2CCOCC2=O)cc1)c1ccc2[nH]c(-c3ccc(Cl)s3)nc2c1. The van der Waals surface area contributed by atoms with Crippen molar-refractivity contribution in [2.24, 2.45) is 0 Å². The second kappa shape index (κ2) is 8.14. The van der Waals surface area contributed by atoms with Crippen LogP contribution in [0.25, 0.3) is 21.7 Å². The Balaban J connectivity index is 1.32. The molecule has 7 nitrogen and oxygen atoms in total. The number of nitrogens with one attached hydrogen (secondary N) is 2. The molecule has 0 atom stereocenters. The number of carbonyl (C=O) groups is 2. The minimum atomic E-state index is -0.235. The quantitative estimate of drug-likeness (QED) is 0.475. The molecular formula is C22H17ClN4O3S. The van der Waals surface area contributed by atoms with E-state index in [9.17, 15) is 9.59 Å². The fraction of sp³-hybridized carbons (Fsp3) is 0.136. The van der Waals surface area contributed by atoms with E-state index in [1.807, 2.05) is 30.3 Å². The van der Waals surface area contributed by atoms with E-state index in [-0.39, 0.29) is 18.4 Å². The Kier molecular flexibility index (Phi) is 5.19. The summed E-state index contributed by atoms with van der Waals surface area (Å²) in [6.07, 6.45) is 0. The molecule has 0 bridgehead atoms. The molecule has 2 aromatic heterocycles. The molecule has 31 heavy (non-hydrogen) atoms. The number of halogens is 1. The van der Waals surface area contributed by atoms with Crippen molar-refractivity contribution >= 4 is 57.2 Å². The maximum Gasteiger partial charge on any atom is 0.255 e. The number of benzene rings is 2. The van der Waals surface area contributed by atoms with Crippen LogP contribution < -0.4 is 10.2 Å². The van der Waals surface area contributed by atoms with Gasteiger partial charge in [-0.05, 0) is 54.6 Å². The first-order valence-corrected chi connectivity index (χ1v) is 10.8. The first-order chi connectivity index (χ1) is 15.1. The fourth-order valence-electron chi connectivity index (χ4n) is 3.42. The van der Waals surface area contributed by atoms with E-state index in [2.05, 4.69) is 15.3 Å². The summed E-state index contributed by atoms with van der Waals surface area (Å²) in [6.45, 7) is 1.13. The zero-order valence-corrected chi connectivity index (χ0v) is 17.8. The zero-order chi connectivity index (χ0) is 21.4. The van der Waals surface area contributed by atoms with Gasteiger partial charge in [-0.2, -0.15) is 0 Å². The molecule has 0 radical (unpaired) electrons. The average molecular weight is 453 g/mol. The van der Waals surface area contributed by atoms with Gasteiger partial charge in [0.25, 0.3) is 11.8 Å². The van der Waals surface area contributed by atoms with Crippen LogP contribution in [0.2, 0.25) is 4.34 Å². The Morgan fingerprint density at radius 1 is 1.16 bits per heavy atom. The summed E-state index contributed by atoms with van der Waals surface area (Å²) in [5, 5.41) is 2.89. The van der Waals surface area contributed by atoms with Crippen LogP contribution >= 0.6 is 22.9 Å². The average Bonchev–Trinajstić information content (AvgIpc) is 3.40. The van der Waals surface area contributed by atoms with Crippen molar-refractivity contribution in [2.45, 2.75) is 0 Å². The predicted molar refractivity (Wildman–Crippen MR) is 122 cm³/mol. The van der Waals surface area contributed by atoms with Gasteiger partial charge in [-0.3, -0.25) is 9.59 Å². The number of hydrogen-bond donors (Lipinski definition) is 2. The number of aromatic nitrogens is 2. The van der Waals surface area contributed by atoms with Crippen LogP contribution in [0.1, 0.15) is 10.4 Å². The van der Waals surface area contributed by atoms with Crippen LogP contribution in [-0.2, 0) is 9.53 Å². The van der Waals surface area contributed by atoms with Crippen molar-refractivity contribution in [1.82, 2.24) is 9.97 Å². The Labute approximate surface area is 186 Å². The van der Waals surface area contributed by atoms with E-state index in [0.29, 0.717) is 34.3 Å². The van der Waals surface area contributed by atoms with Crippen molar-refractivity contribution in [3.05, 3.63) is 64.5 Å². The topological polar surface area (TPSA) is 87.3 Å². The van der Waals surface area contributed by atoms with Crippen LogP contribution in [0.3, 0.4) is 0 Å². The van der Waals surface area contributed by atoms with Gasteiger partial charge < -0.3 is 19.9 Å². The lowest BCUT2D eigenvalue weighted by molar-refractivity contribution is -0.125. The summed E-state index contributed by atoms with van der Waals surface area (Å²) < 4.78 is 5.85. The third-order valence-electron chi connectivity index (χ3n) is 4.97. The maximum atomic E-state index is 12.7. The van der Waals surface area contributed by atoms with E-state index >= 15 is 0 Å². The van der Waals surface area contributed by atoms with Gasteiger partial charge in [0.15, 0.2) is 0 Å². The number of morpholine rings is 1. The highest BCUT2D eigenvalue weighted by molar-refractivity contribution is 7.19. The van der Waals surface area contributed by atoms with Gasteiger partial charge in [-0.15, -0.1) is 11.3 Å². The normalized spacial score (nSPS) is 14.2. The standard InChI is InChI=1S/C22H17ClN4O3S/c23-19-8-7-18(31-19)21-25-16-6-1-13(11-17(16)26-21)22(29)24-14-2-4-15(5-3-14)27-9-10-30-12-20(27)28/h1-8,11H,9-10,12H2,(H,24,29)(H,25,26). The van der Waals surface area contributed by atoms with Gasteiger partial charge in [0.2, 0.25) is 0 Å². The molecule has 1 saturated heterocycles. The molecule has 2 amide bonds. The Hall–Kier alpha value is -3.20. The number of H-pyrrole nitrogens is 1. The van der Waals surface area contributed by atoms with Gasteiger partial charge in [0, 0.05) is 23.5 Å². The molecule has 0 aliphatic carbocycles. The molecule has 5 rings (SSSR count). The number of rotatable bonds is 4. The molecule has 3 heterocycles. The van der Waals surface area contributed by atoms with Crippen molar-refractivity contribution in [1.29, 1.82) is 0 Å². The zero-order valence-electron chi connectivity index (χ0n) is 16.2. The van der Waals surface area contributed by atoms with Crippen LogP contribution in [0, 0.1) is 0 Å². The summed E-state index contributed by atoms with van der Waals surface area (Å²) in [5.74, 6) is 0.415. The highest BCUT2D eigenvalue weighted by atomic mass is 35.5. The predicted octanol–water partition coefficient (Wildman–Crippen LogP) is 4.56. The highest BCUT2D eigenvalue weighted by Gasteiger charge is 2.20. The summed E-state index contributed by atoms with van der Waals surface area (Å²) in [6, 6.07) is 16.3. The van der Waals surface area contributed by atoms with E-state index in [1.165, 1.54) is 11.3 Å². The molecule has 0 unspecified atom stereocenters. The van der Waals surface area contributed by atoms with Crippen molar-refractivity contribution in [3.8, 4) is 10.7 Å². The summed E-state index contributed by atoms with van der Waals surface area (Å²) in [5.41, 5.74) is 3.47. The molecule has 4 aromatic rings. The molecule has 2 aromatic carbocycles. The number of fused-ring (bicyclic) bond motifs is 1. The molecule has 156 valence electrons. The van der Waals surface area contributed by atoms with Gasteiger partial charge in [0.05, 0.1) is 26.9 Å². The number of aromatic amines is 1. The first kappa shape index (κ1) is 19.7. The lowest BCUT2D eigenvalue weighted by Gasteiger charge is -2.26. The van der Waals surface area contributed by atoms with Crippen LogP contribution in [-0.4, -0.2) is 41.5 Å². The Morgan fingerprint density at radius 2 is 2.00 bits per heavy atom. The molecule has 1 aliphatic rings. The Morgan fingerprint density at radius 3 is 2.74 bits per heavy atom. The smallest absolute Gasteiger partial charge is 0.255 e. The molecule has 1 aliphatic heterocycles. The monoisotopic (exact) mass is 452 g/mol. The van der Waals surface area contributed by atoms with Crippen LogP contribution in [0.15, 0.2) is 54.6 Å². The second-order valence-corrected chi connectivity index (χ2v) is 8.74.